The first-order valence-corrected chi connectivity index (χ1v) is 21.5. The fourth-order valence-electron chi connectivity index (χ4n) is 12.0. The number of para-hydroxylation sites is 2. The highest BCUT2D eigenvalue weighted by Crippen LogP contribution is 2.63. The van der Waals surface area contributed by atoms with Crippen molar-refractivity contribution in [1.29, 1.82) is 0 Å². The lowest BCUT2D eigenvalue weighted by atomic mass is 9.70. The largest absolute Gasteiger partial charge is 0.309 e. The Morgan fingerprint density at radius 2 is 0.918 bits per heavy atom. The molecule has 0 fully saturated rings. The molecule has 0 bridgehead atoms. The molecule has 0 amide bonds. The minimum absolute atomic E-state index is 0.0725. The van der Waals surface area contributed by atoms with Gasteiger partial charge < -0.3 is 4.57 Å². The Labute approximate surface area is 354 Å². The molecule has 0 atom stereocenters. The molecule has 14 rings (SSSR count). The van der Waals surface area contributed by atoms with Gasteiger partial charge in [-0.1, -0.05) is 159 Å². The van der Waals surface area contributed by atoms with Crippen LogP contribution in [0.4, 0.5) is 0 Å². The molecular formula is C59H38N2. The molecule has 2 heterocycles. The van der Waals surface area contributed by atoms with Crippen LogP contribution in [0.25, 0.3) is 93.8 Å². The number of hydrogen-bond donors (Lipinski definition) is 0. The molecule has 0 radical (unpaired) electrons. The van der Waals surface area contributed by atoms with Gasteiger partial charge in [0, 0.05) is 38.2 Å². The van der Waals surface area contributed by atoms with Gasteiger partial charge in [-0.25, -0.2) is 4.98 Å². The zero-order valence-corrected chi connectivity index (χ0v) is 33.9. The van der Waals surface area contributed by atoms with Crippen molar-refractivity contribution in [2.75, 3.05) is 0 Å². The maximum Gasteiger partial charge on any atom is 0.0789 e. The van der Waals surface area contributed by atoms with Crippen molar-refractivity contribution >= 4 is 43.5 Å². The van der Waals surface area contributed by atoms with Gasteiger partial charge in [0.1, 0.15) is 0 Å². The first kappa shape index (κ1) is 33.3. The summed E-state index contributed by atoms with van der Waals surface area (Å²) in [6.45, 7) is 4.73. The van der Waals surface area contributed by atoms with Crippen molar-refractivity contribution in [3.8, 4) is 50.3 Å². The molecular weight excluding hydrogens is 737 g/mol. The van der Waals surface area contributed by atoms with Gasteiger partial charge in [0.25, 0.3) is 0 Å². The molecule has 2 nitrogen and oxygen atoms in total. The number of pyridine rings is 1. The van der Waals surface area contributed by atoms with Crippen molar-refractivity contribution < 1.29 is 0 Å². The maximum atomic E-state index is 5.54. The van der Waals surface area contributed by atoms with Gasteiger partial charge in [-0.2, -0.15) is 0 Å². The minimum atomic E-state index is -0.413. The molecule has 2 heteroatoms. The first-order valence-electron chi connectivity index (χ1n) is 21.5. The van der Waals surface area contributed by atoms with E-state index in [0.29, 0.717) is 0 Å². The molecule has 3 aliphatic rings. The van der Waals surface area contributed by atoms with Crippen molar-refractivity contribution in [2.45, 2.75) is 24.7 Å². The van der Waals surface area contributed by atoms with E-state index in [1.807, 2.05) is 0 Å². The second-order valence-electron chi connectivity index (χ2n) is 17.8. The SMILES string of the molecule is CC1(C)c2ccccc2-c2cc3c(cc21)c1ccccc1n3-c1cccc(-c2nc3ccccc3c3cc4c(cc23)-c2ccccc2C42c3ccccc3-c3ccccc32)c1. The molecule has 0 aliphatic heterocycles. The highest BCUT2D eigenvalue weighted by molar-refractivity contribution is 6.15. The summed E-state index contributed by atoms with van der Waals surface area (Å²) in [5.41, 5.74) is 22.2. The predicted octanol–water partition coefficient (Wildman–Crippen LogP) is 14.8. The zero-order valence-electron chi connectivity index (χ0n) is 33.9. The number of benzene rings is 9. The Bertz CT molecular complexity index is 3700. The molecule has 0 saturated carbocycles. The average Bonchev–Trinajstić information content (AvgIpc) is 3.97. The zero-order chi connectivity index (χ0) is 40.2. The summed E-state index contributed by atoms with van der Waals surface area (Å²) in [4.78, 5) is 5.54. The monoisotopic (exact) mass is 774 g/mol. The molecule has 2 aromatic heterocycles. The summed E-state index contributed by atoms with van der Waals surface area (Å²) < 4.78 is 2.47. The minimum Gasteiger partial charge on any atom is -0.309 e. The molecule has 284 valence electrons. The lowest BCUT2D eigenvalue weighted by Gasteiger charge is -2.30. The molecule has 11 aromatic rings. The van der Waals surface area contributed by atoms with Crippen LogP contribution in [0.5, 0.6) is 0 Å². The standard InChI is InChI=1S/C59H38N2/c1-58(2)48-24-9-3-20-39(48)45-34-56-46(33-52(45)58)42-23-8-14-29-55(42)61(56)36-17-15-16-35(30-36)57-47-31-44-40-21-6-12-27-51(40)59(53(44)32-43(47)41-22-7-13-28-54(41)60-57)49-25-10-4-18-37(49)38-19-5-11-26-50(38)59/h3-34H,1-2H3. The number of fused-ring (bicyclic) bond motifs is 19. The Balaban J connectivity index is 1.04. The summed E-state index contributed by atoms with van der Waals surface area (Å²) in [6, 6.07) is 72.7. The molecule has 0 unspecified atom stereocenters. The van der Waals surface area contributed by atoms with E-state index in [1.54, 1.807) is 0 Å². The summed E-state index contributed by atoms with van der Waals surface area (Å²) in [7, 11) is 0. The topological polar surface area (TPSA) is 17.8 Å². The van der Waals surface area contributed by atoms with Crippen molar-refractivity contribution in [1.82, 2.24) is 9.55 Å². The molecule has 3 aliphatic carbocycles. The smallest absolute Gasteiger partial charge is 0.0789 e. The van der Waals surface area contributed by atoms with E-state index in [1.165, 1.54) is 105 Å². The highest BCUT2D eigenvalue weighted by Gasteiger charge is 2.51. The Kier molecular flexibility index (Phi) is 6.33. The van der Waals surface area contributed by atoms with Crippen LogP contribution in [0.1, 0.15) is 47.2 Å². The highest BCUT2D eigenvalue weighted by atomic mass is 15.0. The van der Waals surface area contributed by atoms with E-state index >= 15 is 0 Å². The van der Waals surface area contributed by atoms with E-state index in [0.717, 1.165) is 22.5 Å². The van der Waals surface area contributed by atoms with Gasteiger partial charge in [-0.3, -0.25) is 0 Å². The van der Waals surface area contributed by atoms with E-state index in [2.05, 4.69) is 213 Å². The predicted molar refractivity (Wildman–Crippen MR) is 253 cm³/mol. The van der Waals surface area contributed by atoms with Crippen LogP contribution in [0.2, 0.25) is 0 Å². The summed E-state index contributed by atoms with van der Waals surface area (Å²) in [6.07, 6.45) is 0. The van der Waals surface area contributed by atoms with E-state index in [-0.39, 0.29) is 5.41 Å². The number of hydrogen-bond acceptors (Lipinski definition) is 1. The third-order valence-corrected chi connectivity index (χ3v) is 14.6. The maximum absolute atomic E-state index is 5.54. The molecule has 0 N–H and O–H groups in total. The number of aromatic nitrogens is 2. The second-order valence-corrected chi connectivity index (χ2v) is 17.8. The number of nitrogens with zero attached hydrogens (tertiary/aromatic N) is 2. The van der Waals surface area contributed by atoms with Crippen LogP contribution >= 0.6 is 0 Å². The number of rotatable bonds is 2. The van der Waals surface area contributed by atoms with Crippen LogP contribution in [-0.2, 0) is 10.8 Å². The molecule has 0 saturated heterocycles. The van der Waals surface area contributed by atoms with Gasteiger partial charge in [0.15, 0.2) is 0 Å². The Morgan fingerprint density at radius 1 is 0.361 bits per heavy atom. The van der Waals surface area contributed by atoms with E-state index in [9.17, 15) is 0 Å². The second kappa shape index (κ2) is 11.6. The molecule has 61 heavy (non-hydrogen) atoms. The molecule has 9 aromatic carbocycles. The Morgan fingerprint density at radius 3 is 1.64 bits per heavy atom. The summed E-state index contributed by atoms with van der Waals surface area (Å²) >= 11 is 0. The fourth-order valence-corrected chi connectivity index (χ4v) is 12.0. The van der Waals surface area contributed by atoms with Gasteiger partial charge in [-0.05, 0) is 121 Å². The third-order valence-electron chi connectivity index (χ3n) is 14.6. The van der Waals surface area contributed by atoms with Gasteiger partial charge in [0.05, 0.1) is 27.7 Å². The normalized spacial score (nSPS) is 14.7. The van der Waals surface area contributed by atoms with Crippen LogP contribution in [0, 0.1) is 0 Å². The van der Waals surface area contributed by atoms with Crippen LogP contribution < -0.4 is 0 Å². The van der Waals surface area contributed by atoms with Gasteiger partial charge in [0.2, 0.25) is 0 Å². The van der Waals surface area contributed by atoms with Crippen LogP contribution in [0.15, 0.2) is 194 Å². The summed E-state index contributed by atoms with van der Waals surface area (Å²) in [5.74, 6) is 0. The summed E-state index contributed by atoms with van der Waals surface area (Å²) in [5, 5.41) is 6.12. The third kappa shape index (κ3) is 4.10. The lowest BCUT2D eigenvalue weighted by molar-refractivity contribution is 0.661. The Hall–Kier alpha value is -7.55. The van der Waals surface area contributed by atoms with Crippen molar-refractivity contribution in [3.05, 3.63) is 228 Å². The quantitative estimate of drug-likeness (QED) is 0.160. The van der Waals surface area contributed by atoms with Crippen LogP contribution in [0.3, 0.4) is 0 Å². The molecule has 1 spiro atoms. The van der Waals surface area contributed by atoms with Crippen molar-refractivity contribution in [2.24, 2.45) is 0 Å². The van der Waals surface area contributed by atoms with Gasteiger partial charge in [-0.15, -0.1) is 0 Å². The van der Waals surface area contributed by atoms with Crippen LogP contribution in [-0.4, -0.2) is 9.55 Å². The van der Waals surface area contributed by atoms with E-state index < -0.39 is 5.41 Å². The lowest BCUT2D eigenvalue weighted by Crippen LogP contribution is -2.25. The van der Waals surface area contributed by atoms with Crippen molar-refractivity contribution in [3.63, 3.8) is 0 Å². The van der Waals surface area contributed by atoms with E-state index in [4.69, 9.17) is 4.98 Å². The van der Waals surface area contributed by atoms with Gasteiger partial charge >= 0.3 is 0 Å². The average molecular weight is 775 g/mol. The fraction of sp³-hybridized carbons (Fsp3) is 0.0678. The first-order chi connectivity index (χ1) is 30.0.